The highest BCUT2D eigenvalue weighted by atomic mass is 32.1. The highest BCUT2D eigenvalue weighted by Gasteiger charge is 2.01. The molecule has 0 atom stereocenters. The number of rotatable bonds is 2. The molecule has 2 aromatic rings. The second-order valence-corrected chi connectivity index (χ2v) is 4.25. The molecule has 14 heavy (non-hydrogen) atoms. The van der Waals surface area contributed by atoms with E-state index in [1.54, 1.807) is 0 Å². The Kier molecular flexibility index (Phi) is 2.64. The van der Waals surface area contributed by atoms with Crippen LogP contribution in [0.15, 0.2) is 29.6 Å². The summed E-state index contributed by atoms with van der Waals surface area (Å²) in [5.74, 6) is 0.589. The molecule has 2 heteroatoms. The maximum atomic E-state index is 4.15. The van der Waals surface area contributed by atoms with Crippen LogP contribution in [0, 0.1) is 5.51 Å². The molecule has 1 aromatic carbocycles. The molecular formula is C12H12NS. The lowest BCUT2D eigenvalue weighted by molar-refractivity contribution is 0.867. The Morgan fingerprint density at radius 1 is 1.21 bits per heavy atom. The van der Waals surface area contributed by atoms with Crippen molar-refractivity contribution >= 4 is 11.3 Å². The molecule has 1 heterocycles. The zero-order valence-corrected chi connectivity index (χ0v) is 9.14. The van der Waals surface area contributed by atoms with Crippen LogP contribution < -0.4 is 0 Å². The van der Waals surface area contributed by atoms with E-state index in [0.717, 1.165) is 5.69 Å². The fraction of sp³-hybridized carbons (Fsp3) is 0.250. The first kappa shape index (κ1) is 9.41. The van der Waals surface area contributed by atoms with Crippen molar-refractivity contribution in [3.8, 4) is 11.3 Å². The van der Waals surface area contributed by atoms with Crippen LogP contribution in [0.1, 0.15) is 25.3 Å². The minimum Gasteiger partial charge on any atom is -0.233 e. The zero-order chi connectivity index (χ0) is 9.97. The second-order valence-electron chi connectivity index (χ2n) is 3.60. The lowest BCUT2D eigenvalue weighted by Gasteiger charge is -2.05. The summed E-state index contributed by atoms with van der Waals surface area (Å²) in [5, 5.41) is 2.02. The number of benzene rings is 1. The van der Waals surface area contributed by atoms with Gasteiger partial charge < -0.3 is 0 Å². The third kappa shape index (κ3) is 1.85. The van der Waals surface area contributed by atoms with Crippen LogP contribution in [0.5, 0.6) is 0 Å². The highest BCUT2D eigenvalue weighted by Crippen LogP contribution is 2.21. The van der Waals surface area contributed by atoms with Gasteiger partial charge in [-0.25, -0.2) is 4.98 Å². The monoisotopic (exact) mass is 202 g/mol. The van der Waals surface area contributed by atoms with Gasteiger partial charge in [-0.15, -0.1) is 11.3 Å². The molecule has 0 amide bonds. The summed E-state index contributed by atoms with van der Waals surface area (Å²) in [6, 6.07) is 8.58. The summed E-state index contributed by atoms with van der Waals surface area (Å²) in [4.78, 5) is 4.15. The van der Waals surface area contributed by atoms with Crippen LogP contribution >= 0.6 is 11.3 Å². The first-order valence-electron chi connectivity index (χ1n) is 4.69. The molecule has 0 saturated carbocycles. The summed E-state index contributed by atoms with van der Waals surface area (Å²) < 4.78 is 0. The van der Waals surface area contributed by atoms with E-state index in [-0.39, 0.29) is 0 Å². The van der Waals surface area contributed by atoms with Gasteiger partial charge in [0.2, 0.25) is 0 Å². The maximum Gasteiger partial charge on any atom is 0.152 e. The van der Waals surface area contributed by atoms with Gasteiger partial charge in [0.15, 0.2) is 5.51 Å². The number of hydrogen-bond donors (Lipinski definition) is 0. The van der Waals surface area contributed by atoms with Crippen LogP contribution in [-0.2, 0) is 0 Å². The van der Waals surface area contributed by atoms with Crippen molar-refractivity contribution in [2.45, 2.75) is 19.8 Å². The summed E-state index contributed by atoms with van der Waals surface area (Å²) in [5.41, 5.74) is 6.42. The lowest BCUT2D eigenvalue weighted by atomic mass is 10.0. The SMILES string of the molecule is CC(C)c1ccc(-c2cs[c]n2)cc1. The molecule has 1 aromatic heterocycles. The average molecular weight is 202 g/mol. The van der Waals surface area contributed by atoms with Gasteiger partial charge in [-0.2, -0.15) is 0 Å². The van der Waals surface area contributed by atoms with Crippen molar-refractivity contribution < 1.29 is 0 Å². The van der Waals surface area contributed by atoms with Gasteiger partial charge in [-0.3, -0.25) is 0 Å². The van der Waals surface area contributed by atoms with E-state index in [4.69, 9.17) is 0 Å². The average Bonchev–Trinajstić information content (AvgIpc) is 2.71. The van der Waals surface area contributed by atoms with E-state index in [0.29, 0.717) is 5.92 Å². The summed E-state index contributed by atoms with van der Waals surface area (Å²) >= 11 is 1.51. The first-order chi connectivity index (χ1) is 6.77. The Morgan fingerprint density at radius 3 is 2.43 bits per heavy atom. The molecule has 1 radical (unpaired) electrons. The fourth-order valence-corrected chi connectivity index (χ4v) is 1.86. The Morgan fingerprint density at radius 2 is 1.93 bits per heavy atom. The van der Waals surface area contributed by atoms with Gasteiger partial charge in [0.1, 0.15) is 0 Å². The number of thiazole rings is 1. The lowest BCUT2D eigenvalue weighted by Crippen LogP contribution is -1.86. The first-order valence-corrected chi connectivity index (χ1v) is 5.57. The third-order valence-electron chi connectivity index (χ3n) is 2.26. The summed E-state index contributed by atoms with van der Waals surface area (Å²) in [6.45, 7) is 4.40. The van der Waals surface area contributed by atoms with E-state index >= 15 is 0 Å². The van der Waals surface area contributed by atoms with Gasteiger partial charge in [0, 0.05) is 10.9 Å². The standard InChI is InChI=1S/C12H12NS/c1-9(2)10-3-5-11(6-4-10)12-7-14-8-13-12/h3-7,9H,1-2H3. The quantitative estimate of drug-likeness (QED) is 0.723. The molecule has 0 aliphatic rings. The van der Waals surface area contributed by atoms with Crippen molar-refractivity contribution in [2.24, 2.45) is 0 Å². The topological polar surface area (TPSA) is 12.9 Å². The molecule has 0 unspecified atom stereocenters. The van der Waals surface area contributed by atoms with E-state index in [2.05, 4.69) is 48.6 Å². The van der Waals surface area contributed by atoms with Gasteiger partial charge in [-0.05, 0) is 11.5 Å². The molecule has 0 bridgehead atoms. The van der Waals surface area contributed by atoms with Crippen molar-refractivity contribution in [1.82, 2.24) is 4.98 Å². The summed E-state index contributed by atoms with van der Waals surface area (Å²) in [7, 11) is 0. The van der Waals surface area contributed by atoms with E-state index < -0.39 is 0 Å². The van der Waals surface area contributed by atoms with Gasteiger partial charge in [0.25, 0.3) is 0 Å². The van der Waals surface area contributed by atoms with Gasteiger partial charge in [-0.1, -0.05) is 38.1 Å². The van der Waals surface area contributed by atoms with Crippen molar-refractivity contribution in [2.75, 3.05) is 0 Å². The molecule has 0 saturated heterocycles. The molecule has 2 rings (SSSR count). The number of hydrogen-bond acceptors (Lipinski definition) is 2. The molecule has 0 aliphatic carbocycles. The van der Waals surface area contributed by atoms with Crippen LogP contribution in [0.25, 0.3) is 11.3 Å². The fourth-order valence-electron chi connectivity index (χ4n) is 1.36. The zero-order valence-electron chi connectivity index (χ0n) is 8.32. The van der Waals surface area contributed by atoms with Gasteiger partial charge in [0.05, 0.1) is 5.69 Å². The molecule has 0 N–H and O–H groups in total. The van der Waals surface area contributed by atoms with E-state index in [1.807, 2.05) is 5.38 Å². The third-order valence-corrected chi connectivity index (χ3v) is 2.80. The van der Waals surface area contributed by atoms with Crippen molar-refractivity contribution in [1.29, 1.82) is 0 Å². The van der Waals surface area contributed by atoms with Crippen LogP contribution in [-0.4, -0.2) is 4.98 Å². The predicted molar refractivity (Wildman–Crippen MR) is 60.5 cm³/mol. The Labute approximate surface area is 88.4 Å². The maximum absolute atomic E-state index is 4.15. The van der Waals surface area contributed by atoms with Crippen LogP contribution in [0.4, 0.5) is 0 Å². The van der Waals surface area contributed by atoms with Crippen molar-refractivity contribution in [3.05, 3.63) is 40.7 Å². The van der Waals surface area contributed by atoms with E-state index in [9.17, 15) is 0 Å². The molecule has 0 aliphatic heterocycles. The van der Waals surface area contributed by atoms with Crippen molar-refractivity contribution in [3.63, 3.8) is 0 Å². The molecule has 1 nitrogen and oxygen atoms in total. The minimum absolute atomic E-state index is 0.589. The Balaban J connectivity index is 2.31. The number of aromatic nitrogens is 1. The molecule has 0 spiro atoms. The predicted octanol–water partition coefficient (Wildman–Crippen LogP) is 3.73. The Bertz CT molecular complexity index is 387. The Hall–Kier alpha value is -1.15. The smallest absolute Gasteiger partial charge is 0.152 e. The second kappa shape index (κ2) is 3.93. The molecule has 71 valence electrons. The van der Waals surface area contributed by atoms with Crippen LogP contribution in [0.2, 0.25) is 0 Å². The summed E-state index contributed by atoms with van der Waals surface area (Å²) in [6.07, 6.45) is 0. The minimum atomic E-state index is 0.589. The largest absolute Gasteiger partial charge is 0.233 e. The number of nitrogens with zero attached hydrogens (tertiary/aromatic N) is 1. The van der Waals surface area contributed by atoms with Crippen LogP contribution in [0.3, 0.4) is 0 Å². The highest BCUT2D eigenvalue weighted by molar-refractivity contribution is 7.07. The van der Waals surface area contributed by atoms with E-state index in [1.165, 1.54) is 22.5 Å². The van der Waals surface area contributed by atoms with Gasteiger partial charge >= 0.3 is 0 Å². The molecule has 0 fully saturated rings. The normalized spacial score (nSPS) is 10.8. The molecular weight excluding hydrogens is 190 g/mol.